The molecule has 0 saturated carbocycles. The fraction of sp³-hybridized carbons (Fsp3) is 0.462. The summed E-state index contributed by atoms with van der Waals surface area (Å²) < 4.78 is 37.7. The SMILES string of the molecule is CS(=O)(=O)N[C@@H]1CN(C(=O)Cc2cccc(F)c2)C[C@H]1O. The number of β-amino-alcohol motifs (C(OH)–C–C–N with tert-alkyl or cyclic N) is 1. The molecular weight excluding hydrogens is 299 g/mol. The predicted molar refractivity (Wildman–Crippen MR) is 74.5 cm³/mol. The lowest BCUT2D eigenvalue weighted by atomic mass is 10.1. The summed E-state index contributed by atoms with van der Waals surface area (Å²) in [5.41, 5.74) is 0.536. The zero-order valence-corrected chi connectivity index (χ0v) is 12.3. The number of hydrogen-bond acceptors (Lipinski definition) is 4. The van der Waals surface area contributed by atoms with Crippen LogP contribution >= 0.6 is 0 Å². The van der Waals surface area contributed by atoms with E-state index in [-0.39, 0.29) is 25.4 Å². The van der Waals surface area contributed by atoms with Crippen molar-refractivity contribution < 1.29 is 22.7 Å². The van der Waals surface area contributed by atoms with Crippen molar-refractivity contribution in [3.8, 4) is 0 Å². The number of aliphatic hydroxyl groups excluding tert-OH is 1. The number of carbonyl (C=O) groups is 1. The molecule has 1 saturated heterocycles. The highest BCUT2D eigenvalue weighted by atomic mass is 32.2. The van der Waals surface area contributed by atoms with E-state index in [9.17, 15) is 22.7 Å². The number of rotatable bonds is 4. The van der Waals surface area contributed by atoms with Gasteiger partial charge < -0.3 is 10.0 Å². The Kier molecular flexibility index (Phi) is 4.60. The minimum Gasteiger partial charge on any atom is -0.390 e. The van der Waals surface area contributed by atoms with E-state index in [0.29, 0.717) is 5.56 Å². The summed E-state index contributed by atoms with van der Waals surface area (Å²) >= 11 is 0. The van der Waals surface area contributed by atoms with Crippen molar-refractivity contribution in [3.05, 3.63) is 35.6 Å². The van der Waals surface area contributed by atoms with Crippen molar-refractivity contribution in [2.45, 2.75) is 18.6 Å². The summed E-state index contributed by atoms with van der Waals surface area (Å²) in [5, 5.41) is 9.80. The maximum absolute atomic E-state index is 13.1. The van der Waals surface area contributed by atoms with Gasteiger partial charge in [0.05, 0.1) is 24.8 Å². The van der Waals surface area contributed by atoms with Crippen molar-refractivity contribution in [2.75, 3.05) is 19.3 Å². The summed E-state index contributed by atoms with van der Waals surface area (Å²) in [6, 6.07) is 5.01. The van der Waals surface area contributed by atoms with Gasteiger partial charge in [-0.25, -0.2) is 17.5 Å². The molecule has 6 nitrogen and oxygen atoms in total. The lowest BCUT2D eigenvalue weighted by molar-refractivity contribution is -0.129. The number of benzene rings is 1. The second kappa shape index (κ2) is 6.08. The van der Waals surface area contributed by atoms with Gasteiger partial charge in [0.2, 0.25) is 15.9 Å². The zero-order chi connectivity index (χ0) is 15.6. The summed E-state index contributed by atoms with van der Waals surface area (Å²) in [4.78, 5) is 13.5. The topological polar surface area (TPSA) is 86.7 Å². The maximum atomic E-state index is 13.1. The molecule has 1 amide bonds. The smallest absolute Gasteiger partial charge is 0.227 e. The third kappa shape index (κ3) is 4.48. The van der Waals surface area contributed by atoms with Crippen LogP contribution in [0.5, 0.6) is 0 Å². The average molecular weight is 316 g/mol. The highest BCUT2D eigenvalue weighted by molar-refractivity contribution is 7.88. The highest BCUT2D eigenvalue weighted by Crippen LogP contribution is 2.14. The van der Waals surface area contributed by atoms with Crippen LogP contribution in [0.15, 0.2) is 24.3 Å². The fourth-order valence-electron chi connectivity index (χ4n) is 2.31. The molecule has 1 aromatic rings. The first kappa shape index (κ1) is 15.9. The zero-order valence-electron chi connectivity index (χ0n) is 11.5. The normalized spacial score (nSPS) is 22.5. The number of likely N-dealkylation sites (tertiary alicyclic amines) is 1. The third-order valence-corrected chi connectivity index (χ3v) is 3.98. The van der Waals surface area contributed by atoms with Gasteiger partial charge in [0.15, 0.2) is 0 Å². The molecular formula is C13H17FN2O4S. The Hall–Kier alpha value is -1.51. The van der Waals surface area contributed by atoms with Gasteiger partial charge in [0.25, 0.3) is 0 Å². The Morgan fingerprint density at radius 2 is 2.19 bits per heavy atom. The molecule has 0 bridgehead atoms. The Bertz CT molecular complexity index is 635. The molecule has 116 valence electrons. The van der Waals surface area contributed by atoms with Crippen LogP contribution in [0.2, 0.25) is 0 Å². The lowest BCUT2D eigenvalue weighted by Crippen LogP contribution is -2.42. The van der Waals surface area contributed by atoms with E-state index in [4.69, 9.17) is 0 Å². The molecule has 0 radical (unpaired) electrons. The van der Waals surface area contributed by atoms with E-state index in [1.165, 1.54) is 23.1 Å². The van der Waals surface area contributed by atoms with Crippen LogP contribution in [0.1, 0.15) is 5.56 Å². The van der Waals surface area contributed by atoms with Crippen molar-refractivity contribution in [1.82, 2.24) is 9.62 Å². The molecule has 0 aromatic heterocycles. The molecule has 1 fully saturated rings. The molecule has 1 aliphatic rings. The van der Waals surface area contributed by atoms with Gasteiger partial charge in [-0.1, -0.05) is 12.1 Å². The summed E-state index contributed by atoms with van der Waals surface area (Å²) in [6.45, 7) is 0.156. The van der Waals surface area contributed by atoms with Crippen LogP contribution in [0.4, 0.5) is 4.39 Å². The highest BCUT2D eigenvalue weighted by Gasteiger charge is 2.35. The number of hydrogen-bond donors (Lipinski definition) is 2. The van der Waals surface area contributed by atoms with Gasteiger partial charge in [-0.15, -0.1) is 0 Å². The number of nitrogens with zero attached hydrogens (tertiary/aromatic N) is 1. The number of amides is 1. The standard InChI is InChI=1S/C13H17FN2O4S/c1-21(19,20)15-11-7-16(8-12(11)17)13(18)6-9-3-2-4-10(14)5-9/h2-5,11-12,15,17H,6-8H2,1H3/t11-,12-/m1/s1. The first-order valence-corrected chi connectivity index (χ1v) is 8.31. The van der Waals surface area contributed by atoms with Gasteiger partial charge in [0, 0.05) is 13.1 Å². The van der Waals surface area contributed by atoms with Gasteiger partial charge in [-0.3, -0.25) is 4.79 Å². The molecule has 0 unspecified atom stereocenters. The van der Waals surface area contributed by atoms with E-state index in [1.807, 2.05) is 0 Å². The largest absolute Gasteiger partial charge is 0.390 e. The minimum absolute atomic E-state index is 0.01000. The molecule has 1 heterocycles. The Morgan fingerprint density at radius 1 is 1.48 bits per heavy atom. The molecule has 2 N–H and O–H groups in total. The summed E-state index contributed by atoms with van der Waals surface area (Å²) in [7, 11) is -3.45. The predicted octanol–water partition coefficient (Wildman–Crippen LogP) is -0.511. The second-order valence-corrected chi connectivity index (χ2v) is 6.95. The summed E-state index contributed by atoms with van der Waals surface area (Å²) in [6.07, 6.45) is 0.0590. The molecule has 0 spiro atoms. The van der Waals surface area contributed by atoms with Crippen molar-refractivity contribution in [1.29, 1.82) is 0 Å². The third-order valence-electron chi connectivity index (χ3n) is 3.25. The maximum Gasteiger partial charge on any atom is 0.227 e. The number of halogens is 1. The van der Waals surface area contributed by atoms with Gasteiger partial charge >= 0.3 is 0 Å². The van der Waals surface area contributed by atoms with E-state index in [0.717, 1.165) is 6.26 Å². The quantitative estimate of drug-likeness (QED) is 0.783. The first-order valence-electron chi connectivity index (χ1n) is 6.42. The Morgan fingerprint density at radius 3 is 2.81 bits per heavy atom. The van der Waals surface area contributed by atoms with Crippen molar-refractivity contribution in [3.63, 3.8) is 0 Å². The van der Waals surface area contributed by atoms with E-state index in [2.05, 4.69) is 4.72 Å². The first-order chi connectivity index (χ1) is 9.74. The van der Waals surface area contributed by atoms with Crippen molar-refractivity contribution in [2.24, 2.45) is 0 Å². The molecule has 2 atom stereocenters. The molecule has 2 rings (SSSR count). The van der Waals surface area contributed by atoms with Crippen LogP contribution in [-0.4, -0.2) is 55.8 Å². The summed E-state index contributed by atoms with van der Waals surface area (Å²) in [5.74, 6) is -0.698. The number of carbonyl (C=O) groups excluding carboxylic acids is 1. The van der Waals surface area contributed by atoms with Gasteiger partial charge in [-0.2, -0.15) is 0 Å². The van der Waals surface area contributed by atoms with E-state index < -0.39 is 28.0 Å². The molecule has 1 aromatic carbocycles. The minimum atomic E-state index is -3.45. The van der Waals surface area contributed by atoms with E-state index in [1.54, 1.807) is 6.07 Å². The number of sulfonamides is 1. The lowest BCUT2D eigenvalue weighted by Gasteiger charge is -2.16. The van der Waals surface area contributed by atoms with Crippen LogP contribution in [-0.2, 0) is 21.2 Å². The molecule has 8 heteroatoms. The van der Waals surface area contributed by atoms with Crippen LogP contribution in [0.25, 0.3) is 0 Å². The monoisotopic (exact) mass is 316 g/mol. The van der Waals surface area contributed by atoms with Crippen LogP contribution in [0.3, 0.4) is 0 Å². The fourth-order valence-corrected chi connectivity index (χ4v) is 3.10. The average Bonchev–Trinajstić information content (AvgIpc) is 2.69. The van der Waals surface area contributed by atoms with Gasteiger partial charge in [0.1, 0.15) is 5.82 Å². The number of nitrogens with one attached hydrogen (secondary N) is 1. The van der Waals surface area contributed by atoms with Gasteiger partial charge in [-0.05, 0) is 17.7 Å². The Balaban J connectivity index is 1.98. The van der Waals surface area contributed by atoms with E-state index >= 15 is 0 Å². The molecule has 1 aliphatic heterocycles. The second-order valence-electron chi connectivity index (χ2n) is 5.17. The molecule has 21 heavy (non-hydrogen) atoms. The number of aliphatic hydroxyl groups is 1. The van der Waals surface area contributed by atoms with Crippen LogP contribution < -0.4 is 4.72 Å². The molecule has 0 aliphatic carbocycles. The van der Waals surface area contributed by atoms with Crippen molar-refractivity contribution >= 4 is 15.9 Å². The van der Waals surface area contributed by atoms with Crippen LogP contribution in [0, 0.1) is 5.82 Å². The Labute approximate surface area is 122 Å².